The van der Waals surface area contributed by atoms with E-state index in [-0.39, 0.29) is 11.5 Å². The van der Waals surface area contributed by atoms with E-state index in [0.717, 1.165) is 16.8 Å². The van der Waals surface area contributed by atoms with Gasteiger partial charge < -0.3 is 9.84 Å². The largest absolute Gasteiger partial charge is 0.457 e. The number of aliphatic hydroxyl groups is 1. The van der Waals surface area contributed by atoms with E-state index in [0.29, 0.717) is 28.0 Å². The van der Waals surface area contributed by atoms with Gasteiger partial charge >= 0.3 is 0 Å². The lowest BCUT2D eigenvalue weighted by atomic mass is 10.1. The molecule has 8 heteroatoms. The molecule has 0 radical (unpaired) electrons. The van der Waals surface area contributed by atoms with Crippen molar-refractivity contribution in [2.45, 2.75) is 18.4 Å². The van der Waals surface area contributed by atoms with Crippen LogP contribution < -0.4 is 4.74 Å². The Morgan fingerprint density at radius 1 is 1.03 bits per heavy atom. The lowest BCUT2D eigenvalue weighted by molar-refractivity contribution is 0.278. The molecule has 0 fully saturated rings. The van der Waals surface area contributed by atoms with Crippen molar-refractivity contribution in [3.05, 3.63) is 96.3 Å². The number of aryl methyl sites for hydroxylation is 1. The molecule has 2 aromatic heterocycles. The number of benzene rings is 3. The predicted molar refractivity (Wildman–Crippen MR) is 126 cm³/mol. The monoisotopic (exact) mass is 459 g/mol. The SMILES string of the molecule is Cc1ccc(S(=O)(=O)n2ccc3c(CO)c(Oc4cccc(-c5ccn[nH]5)c4)ccc32)cc1. The van der Waals surface area contributed by atoms with Crippen molar-refractivity contribution in [3.8, 4) is 22.8 Å². The Balaban J connectivity index is 1.54. The first-order chi connectivity index (χ1) is 16.0. The van der Waals surface area contributed by atoms with Gasteiger partial charge in [0.1, 0.15) is 11.5 Å². The van der Waals surface area contributed by atoms with Crippen LogP contribution in [-0.2, 0) is 16.6 Å². The van der Waals surface area contributed by atoms with Crippen molar-refractivity contribution >= 4 is 20.9 Å². The normalized spacial score (nSPS) is 11.7. The summed E-state index contributed by atoms with van der Waals surface area (Å²) in [4.78, 5) is 0.201. The highest BCUT2D eigenvalue weighted by molar-refractivity contribution is 7.90. The van der Waals surface area contributed by atoms with E-state index in [1.54, 1.807) is 48.7 Å². The Kier molecular flexibility index (Phi) is 5.24. The number of hydrogen-bond donors (Lipinski definition) is 2. The number of nitrogens with zero attached hydrogens (tertiary/aromatic N) is 2. The molecule has 5 rings (SSSR count). The van der Waals surface area contributed by atoms with Crippen LogP contribution in [0.25, 0.3) is 22.2 Å². The standard InChI is InChI=1S/C25H21N3O4S/c1-17-5-7-20(8-6-17)33(30,31)28-14-12-21-22(16-29)25(10-9-24(21)28)32-19-4-2-3-18(15-19)23-11-13-26-27-23/h2-15,29H,16H2,1H3,(H,26,27). The molecule has 2 heterocycles. The number of aromatic amines is 1. The van der Waals surface area contributed by atoms with Crippen LogP contribution >= 0.6 is 0 Å². The second-order valence-electron chi connectivity index (χ2n) is 7.66. The zero-order valence-corrected chi connectivity index (χ0v) is 18.6. The van der Waals surface area contributed by atoms with Crippen LogP contribution in [0.2, 0.25) is 0 Å². The average molecular weight is 460 g/mol. The number of ether oxygens (including phenoxy) is 1. The van der Waals surface area contributed by atoms with Gasteiger partial charge in [0.05, 0.1) is 22.7 Å². The van der Waals surface area contributed by atoms with Gasteiger partial charge in [-0.25, -0.2) is 12.4 Å². The van der Waals surface area contributed by atoms with E-state index < -0.39 is 10.0 Å². The quantitative estimate of drug-likeness (QED) is 0.378. The molecule has 166 valence electrons. The molecule has 0 bridgehead atoms. The van der Waals surface area contributed by atoms with Crippen molar-refractivity contribution in [1.29, 1.82) is 0 Å². The van der Waals surface area contributed by atoms with E-state index in [2.05, 4.69) is 10.2 Å². The second-order valence-corrected chi connectivity index (χ2v) is 9.48. The number of nitrogens with one attached hydrogen (secondary N) is 1. The Morgan fingerprint density at radius 2 is 1.85 bits per heavy atom. The van der Waals surface area contributed by atoms with Gasteiger partial charge in [-0.1, -0.05) is 29.8 Å². The van der Waals surface area contributed by atoms with Crippen LogP contribution in [0, 0.1) is 6.92 Å². The fourth-order valence-electron chi connectivity index (χ4n) is 3.80. The van der Waals surface area contributed by atoms with Crippen molar-refractivity contribution in [2.75, 3.05) is 0 Å². The van der Waals surface area contributed by atoms with Crippen LogP contribution in [-0.4, -0.2) is 27.7 Å². The highest BCUT2D eigenvalue weighted by atomic mass is 32.2. The van der Waals surface area contributed by atoms with Crippen molar-refractivity contribution in [1.82, 2.24) is 14.2 Å². The maximum atomic E-state index is 13.2. The summed E-state index contributed by atoms with van der Waals surface area (Å²) in [5.74, 6) is 1.04. The van der Waals surface area contributed by atoms with Gasteiger partial charge in [-0.05, 0) is 55.5 Å². The number of hydrogen-bond acceptors (Lipinski definition) is 5. The summed E-state index contributed by atoms with van der Waals surface area (Å²) in [6.45, 7) is 1.60. The molecule has 2 N–H and O–H groups in total. The van der Waals surface area contributed by atoms with E-state index in [1.807, 2.05) is 37.3 Å². The van der Waals surface area contributed by atoms with E-state index in [9.17, 15) is 13.5 Å². The molecule has 0 spiro atoms. The highest BCUT2D eigenvalue weighted by Crippen LogP contribution is 2.34. The molecule has 0 atom stereocenters. The molecule has 0 amide bonds. The minimum absolute atomic E-state index is 0.201. The average Bonchev–Trinajstić information content (AvgIpc) is 3.50. The van der Waals surface area contributed by atoms with Gasteiger partial charge in [0, 0.05) is 28.9 Å². The summed E-state index contributed by atoms with van der Waals surface area (Å²) in [5.41, 5.74) is 3.73. The number of fused-ring (bicyclic) bond motifs is 1. The summed E-state index contributed by atoms with van der Waals surface area (Å²) in [6, 6.07) is 21.1. The summed E-state index contributed by atoms with van der Waals surface area (Å²) in [7, 11) is -3.78. The lowest BCUT2D eigenvalue weighted by Gasteiger charge is -2.13. The van der Waals surface area contributed by atoms with Gasteiger partial charge in [-0.2, -0.15) is 5.10 Å². The molecule has 0 aliphatic carbocycles. The van der Waals surface area contributed by atoms with Crippen molar-refractivity contribution < 1.29 is 18.3 Å². The predicted octanol–water partition coefficient (Wildman–Crippen LogP) is 4.86. The Hall–Kier alpha value is -3.88. The Labute approximate surface area is 190 Å². The van der Waals surface area contributed by atoms with Gasteiger partial charge in [-0.15, -0.1) is 0 Å². The third-order valence-electron chi connectivity index (χ3n) is 5.51. The van der Waals surface area contributed by atoms with Gasteiger partial charge in [0.2, 0.25) is 0 Å². The number of aliphatic hydroxyl groups excluding tert-OH is 1. The van der Waals surface area contributed by atoms with Crippen LogP contribution in [0.3, 0.4) is 0 Å². The molecule has 0 aliphatic heterocycles. The number of aromatic nitrogens is 3. The third kappa shape index (κ3) is 3.79. The Morgan fingerprint density at radius 3 is 2.58 bits per heavy atom. The number of rotatable bonds is 6. The molecule has 7 nitrogen and oxygen atoms in total. The maximum Gasteiger partial charge on any atom is 0.268 e. The smallest absolute Gasteiger partial charge is 0.268 e. The molecular weight excluding hydrogens is 438 g/mol. The molecular formula is C25H21N3O4S. The van der Waals surface area contributed by atoms with Crippen LogP contribution in [0.5, 0.6) is 11.5 Å². The first-order valence-electron chi connectivity index (χ1n) is 10.3. The Bertz CT molecular complexity index is 1540. The minimum atomic E-state index is -3.78. The van der Waals surface area contributed by atoms with Gasteiger partial charge in [0.25, 0.3) is 10.0 Å². The van der Waals surface area contributed by atoms with Crippen molar-refractivity contribution in [3.63, 3.8) is 0 Å². The highest BCUT2D eigenvalue weighted by Gasteiger charge is 2.21. The number of H-pyrrole nitrogens is 1. The zero-order valence-electron chi connectivity index (χ0n) is 17.8. The van der Waals surface area contributed by atoms with E-state index >= 15 is 0 Å². The van der Waals surface area contributed by atoms with Crippen LogP contribution in [0.1, 0.15) is 11.1 Å². The summed E-state index contributed by atoms with van der Waals surface area (Å²) in [6.07, 6.45) is 3.18. The van der Waals surface area contributed by atoms with Gasteiger partial charge in [0.15, 0.2) is 0 Å². The molecule has 0 saturated heterocycles. The summed E-state index contributed by atoms with van der Waals surface area (Å²) < 4.78 is 33.7. The molecule has 0 saturated carbocycles. The molecule has 0 unspecified atom stereocenters. The molecule has 5 aromatic rings. The second kappa shape index (κ2) is 8.23. The lowest BCUT2D eigenvalue weighted by Crippen LogP contribution is -2.11. The van der Waals surface area contributed by atoms with Gasteiger partial charge in [-0.3, -0.25) is 5.10 Å². The molecule has 33 heavy (non-hydrogen) atoms. The fourth-order valence-corrected chi connectivity index (χ4v) is 5.14. The van der Waals surface area contributed by atoms with E-state index in [4.69, 9.17) is 4.74 Å². The summed E-state index contributed by atoms with van der Waals surface area (Å²) in [5, 5.41) is 17.6. The third-order valence-corrected chi connectivity index (χ3v) is 7.22. The zero-order chi connectivity index (χ0) is 23.0. The molecule has 0 aliphatic rings. The first-order valence-corrected chi connectivity index (χ1v) is 11.7. The first kappa shape index (κ1) is 21.0. The van der Waals surface area contributed by atoms with Crippen molar-refractivity contribution in [2.24, 2.45) is 0 Å². The minimum Gasteiger partial charge on any atom is -0.457 e. The van der Waals surface area contributed by atoms with Crippen LogP contribution in [0.15, 0.2) is 90.1 Å². The maximum absolute atomic E-state index is 13.2. The fraction of sp³-hybridized carbons (Fsp3) is 0.0800. The summed E-state index contributed by atoms with van der Waals surface area (Å²) >= 11 is 0. The van der Waals surface area contributed by atoms with E-state index in [1.165, 1.54) is 10.2 Å². The van der Waals surface area contributed by atoms with Crippen LogP contribution in [0.4, 0.5) is 0 Å². The topological polar surface area (TPSA) is 97.2 Å². The molecule has 3 aromatic carbocycles.